The van der Waals surface area contributed by atoms with Gasteiger partial charge in [0.05, 0.1) is 25.1 Å². The molecule has 7 heteroatoms. The molecule has 28 heavy (non-hydrogen) atoms. The third-order valence-electron chi connectivity index (χ3n) is 5.21. The number of hydrogen-bond donors (Lipinski definition) is 1. The minimum Gasteiger partial charge on any atom is -0.370 e. The number of carbonyl (C=O) groups excluding carboxylic acids is 2. The summed E-state index contributed by atoms with van der Waals surface area (Å²) in [7, 11) is 0. The lowest BCUT2D eigenvalue weighted by molar-refractivity contribution is -0.169. The number of pyridine rings is 1. The van der Waals surface area contributed by atoms with Crippen LogP contribution in [0.5, 0.6) is 0 Å². The fraction of sp³-hybridized carbons (Fsp3) is 0.381. The summed E-state index contributed by atoms with van der Waals surface area (Å²) in [6.45, 7) is 4.48. The Labute approximate surface area is 163 Å². The zero-order valence-electron chi connectivity index (χ0n) is 15.8. The van der Waals surface area contributed by atoms with Crippen molar-refractivity contribution in [2.45, 2.75) is 25.6 Å². The van der Waals surface area contributed by atoms with E-state index in [-0.39, 0.29) is 11.7 Å². The van der Waals surface area contributed by atoms with Crippen molar-refractivity contribution < 1.29 is 19.1 Å². The van der Waals surface area contributed by atoms with Gasteiger partial charge in [0.2, 0.25) is 0 Å². The van der Waals surface area contributed by atoms with Gasteiger partial charge in [0.15, 0.2) is 11.6 Å². The summed E-state index contributed by atoms with van der Waals surface area (Å²) in [6.07, 6.45) is 3.36. The molecule has 0 bridgehead atoms. The molecule has 1 spiro atoms. The fourth-order valence-electron chi connectivity index (χ4n) is 3.61. The van der Waals surface area contributed by atoms with Crippen LogP contribution in [0.2, 0.25) is 0 Å². The van der Waals surface area contributed by atoms with E-state index in [4.69, 9.17) is 9.47 Å². The number of carbonyl (C=O) groups is 2. The second-order valence-corrected chi connectivity index (χ2v) is 7.09. The van der Waals surface area contributed by atoms with Gasteiger partial charge in [0.25, 0.3) is 5.91 Å². The van der Waals surface area contributed by atoms with Gasteiger partial charge >= 0.3 is 0 Å². The largest absolute Gasteiger partial charge is 0.370 e. The molecule has 2 aliphatic rings. The average Bonchev–Trinajstić information content (AvgIpc) is 3.17. The van der Waals surface area contributed by atoms with Gasteiger partial charge in [-0.2, -0.15) is 0 Å². The molecule has 1 aromatic carbocycles. The van der Waals surface area contributed by atoms with E-state index in [0.717, 1.165) is 31.6 Å². The van der Waals surface area contributed by atoms with Crippen LogP contribution in [-0.2, 0) is 9.47 Å². The van der Waals surface area contributed by atoms with E-state index < -0.39 is 5.79 Å². The lowest BCUT2D eigenvalue weighted by atomic mass is 10.0. The number of nitrogens with one attached hydrogen (secondary N) is 1. The van der Waals surface area contributed by atoms with Gasteiger partial charge in [-0.3, -0.25) is 9.59 Å². The summed E-state index contributed by atoms with van der Waals surface area (Å²) in [5.74, 6) is -0.758. The molecule has 4 rings (SSSR count). The molecule has 2 aliphatic heterocycles. The summed E-state index contributed by atoms with van der Waals surface area (Å²) in [5, 5.41) is 2.79. The highest BCUT2D eigenvalue weighted by molar-refractivity contribution is 6.04. The van der Waals surface area contributed by atoms with Crippen molar-refractivity contribution in [3.63, 3.8) is 0 Å². The normalized spacial score (nSPS) is 18.2. The second-order valence-electron chi connectivity index (χ2n) is 7.09. The number of aromatic nitrogens is 1. The van der Waals surface area contributed by atoms with E-state index in [1.54, 1.807) is 36.5 Å². The Bertz CT molecular complexity index is 865. The van der Waals surface area contributed by atoms with Crippen LogP contribution in [0.15, 0.2) is 42.6 Å². The molecule has 0 saturated carbocycles. The molecule has 2 saturated heterocycles. The Morgan fingerprint density at radius 2 is 1.86 bits per heavy atom. The van der Waals surface area contributed by atoms with Crippen molar-refractivity contribution in [3.05, 3.63) is 53.9 Å². The lowest BCUT2D eigenvalue weighted by Gasteiger charge is -2.38. The predicted octanol–water partition coefficient (Wildman–Crippen LogP) is 2.88. The van der Waals surface area contributed by atoms with Gasteiger partial charge in [-0.15, -0.1) is 0 Å². The first-order valence-electron chi connectivity index (χ1n) is 9.46. The van der Waals surface area contributed by atoms with Crippen molar-refractivity contribution >= 4 is 23.1 Å². The van der Waals surface area contributed by atoms with Crippen LogP contribution in [0.3, 0.4) is 0 Å². The van der Waals surface area contributed by atoms with Gasteiger partial charge in [-0.1, -0.05) is 12.1 Å². The van der Waals surface area contributed by atoms with Gasteiger partial charge in [0.1, 0.15) is 5.69 Å². The molecular formula is C21H23N3O4. The predicted molar refractivity (Wildman–Crippen MR) is 105 cm³/mol. The third kappa shape index (κ3) is 3.90. The Morgan fingerprint density at radius 3 is 2.50 bits per heavy atom. The zero-order chi connectivity index (χ0) is 19.6. The van der Waals surface area contributed by atoms with E-state index in [9.17, 15) is 9.59 Å². The molecule has 1 N–H and O–H groups in total. The van der Waals surface area contributed by atoms with Crippen molar-refractivity contribution in [2.75, 3.05) is 36.5 Å². The van der Waals surface area contributed by atoms with Crippen LogP contribution in [-0.4, -0.2) is 48.8 Å². The monoisotopic (exact) mass is 381 g/mol. The Morgan fingerprint density at radius 1 is 1.11 bits per heavy atom. The van der Waals surface area contributed by atoms with E-state index in [1.807, 2.05) is 6.07 Å². The number of rotatable bonds is 4. The first kappa shape index (κ1) is 18.6. The molecule has 2 fully saturated rings. The Balaban J connectivity index is 1.38. The van der Waals surface area contributed by atoms with Crippen molar-refractivity contribution in [2.24, 2.45) is 0 Å². The van der Waals surface area contributed by atoms with Crippen LogP contribution in [0.1, 0.15) is 40.6 Å². The van der Waals surface area contributed by atoms with E-state index in [1.165, 1.54) is 6.92 Å². The molecule has 146 valence electrons. The van der Waals surface area contributed by atoms with Crippen LogP contribution < -0.4 is 10.2 Å². The maximum absolute atomic E-state index is 12.4. The maximum Gasteiger partial charge on any atom is 0.274 e. The van der Waals surface area contributed by atoms with Crippen molar-refractivity contribution in [3.8, 4) is 0 Å². The number of Topliss-reactive ketones (excluding diaryl/α,β-unsaturated/α-hetero) is 1. The number of ketones is 1. The van der Waals surface area contributed by atoms with Gasteiger partial charge in [0, 0.05) is 37.2 Å². The summed E-state index contributed by atoms with van der Waals surface area (Å²) < 4.78 is 11.5. The summed E-state index contributed by atoms with van der Waals surface area (Å²) in [5.41, 5.74) is 2.43. The third-order valence-corrected chi connectivity index (χ3v) is 5.21. The Kier molecular flexibility index (Phi) is 5.11. The number of nitrogens with zero attached hydrogens (tertiary/aromatic N) is 2. The number of benzene rings is 1. The first-order valence-corrected chi connectivity index (χ1v) is 9.46. The molecule has 0 unspecified atom stereocenters. The molecule has 2 aromatic rings. The number of anilines is 2. The topological polar surface area (TPSA) is 80.8 Å². The summed E-state index contributed by atoms with van der Waals surface area (Å²) in [6, 6.07) is 10.5. The molecule has 0 radical (unpaired) electrons. The van der Waals surface area contributed by atoms with Crippen LogP contribution in [0, 0.1) is 0 Å². The lowest BCUT2D eigenvalue weighted by Crippen LogP contribution is -2.45. The van der Waals surface area contributed by atoms with Gasteiger partial charge in [-0.25, -0.2) is 4.98 Å². The minimum atomic E-state index is -0.405. The van der Waals surface area contributed by atoms with Gasteiger partial charge < -0.3 is 19.7 Å². The van der Waals surface area contributed by atoms with Crippen LogP contribution in [0.4, 0.5) is 11.4 Å². The SMILES string of the molecule is CC(=O)c1cccc(NC(=O)c2ccc(N3CCC4(CC3)OCCO4)cn2)c1. The Hall–Kier alpha value is -2.77. The summed E-state index contributed by atoms with van der Waals surface area (Å²) >= 11 is 0. The number of piperidine rings is 1. The molecule has 3 heterocycles. The first-order chi connectivity index (χ1) is 13.5. The second kappa shape index (κ2) is 7.69. The summed E-state index contributed by atoms with van der Waals surface area (Å²) in [4.78, 5) is 30.5. The van der Waals surface area contributed by atoms with E-state index in [0.29, 0.717) is 30.2 Å². The zero-order valence-corrected chi connectivity index (χ0v) is 15.8. The van der Waals surface area contributed by atoms with E-state index >= 15 is 0 Å². The quantitative estimate of drug-likeness (QED) is 0.821. The minimum absolute atomic E-state index is 0.0460. The molecule has 0 aliphatic carbocycles. The number of hydrogen-bond acceptors (Lipinski definition) is 6. The molecular weight excluding hydrogens is 358 g/mol. The van der Waals surface area contributed by atoms with E-state index in [2.05, 4.69) is 15.2 Å². The highest BCUT2D eigenvalue weighted by Gasteiger charge is 2.39. The van der Waals surface area contributed by atoms with Crippen molar-refractivity contribution in [1.82, 2.24) is 4.98 Å². The number of amides is 1. The molecule has 1 amide bonds. The number of ether oxygens (including phenoxy) is 2. The fourth-order valence-corrected chi connectivity index (χ4v) is 3.61. The van der Waals surface area contributed by atoms with Crippen molar-refractivity contribution in [1.29, 1.82) is 0 Å². The standard InChI is InChI=1S/C21H23N3O4/c1-15(25)16-3-2-4-17(13-16)23-20(26)19-6-5-18(14-22-19)24-9-7-21(8-10-24)27-11-12-28-21/h2-6,13-14H,7-12H2,1H3,(H,23,26). The molecule has 1 aromatic heterocycles. The smallest absolute Gasteiger partial charge is 0.274 e. The maximum atomic E-state index is 12.4. The molecule has 0 atom stereocenters. The highest BCUT2D eigenvalue weighted by atomic mass is 16.7. The van der Waals surface area contributed by atoms with Gasteiger partial charge in [-0.05, 0) is 31.2 Å². The molecule has 7 nitrogen and oxygen atoms in total. The average molecular weight is 381 g/mol. The highest BCUT2D eigenvalue weighted by Crippen LogP contribution is 2.33. The van der Waals surface area contributed by atoms with Crippen LogP contribution in [0.25, 0.3) is 0 Å². The van der Waals surface area contributed by atoms with Crippen LogP contribution >= 0.6 is 0 Å².